The molecule has 1 aromatic carbocycles. The Morgan fingerprint density at radius 3 is 2.42 bits per heavy atom. The summed E-state index contributed by atoms with van der Waals surface area (Å²) in [7, 11) is 0. The van der Waals surface area contributed by atoms with Crippen LogP contribution in [0.25, 0.3) is 0 Å². The van der Waals surface area contributed by atoms with Gasteiger partial charge in [0, 0.05) is 0 Å². The Morgan fingerprint density at radius 2 is 1.71 bits per heavy atom. The number of aryl methyl sites for hydroxylation is 1. The van der Waals surface area contributed by atoms with Crippen LogP contribution >= 0.6 is 12.4 Å². The SMILES string of the molecule is CCCCCCCCc1ccc(CO[C@@H]2CCN[C@@H]2CO)cc1.Cl. The fourth-order valence-corrected chi connectivity index (χ4v) is 3.24. The van der Waals surface area contributed by atoms with Crippen LogP contribution in [0.4, 0.5) is 0 Å². The van der Waals surface area contributed by atoms with E-state index in [-0.39, 0.29) is 31.2 Å². The van der Waals surface area contributed by atoms with Gasteiger partial charge in [0.05, 0.1) is 25.4 Å². The number of hydrogen-bond donors (Lipinski definition) is 2. The Hall–Kier alpha value is -0.610. The third-order valence-corrected chi connectivity index (χ3v) is 4.79. The predicted octanol–water partition coefficient (Wildman–Crippen LogP) is 4.25. The van der Waals surface area contributed by atoms with E-state index in [0.29, 0.717) is 6.61 Å². The Labute approximate surface area is 153 Å². The van der Waals surface area contributed by atoms with Crippen LogP contribution in [0, 0.1) is 0 Å². The molecule has 2 N–H and O–H groups in total. The number of ether oxygens (including phenoxy) is 1. The first-order chi connectivity index (χ1) is 11.3. The zero-order valence-corrected chi connectivity index (χ0v) is 15.8. The normalized spacial score (nSPS) is 20.1. The van der Waals surface area contributed by atoms with Gasteiger partial charge >= 0.3 is 0 Å². The van der Waals surface area contributed by atoms with E-state index in [0.717, 1.165) is 13.0 Å². The van der Waals surface area contributed by atoms with Crippen LogP contribution in [-0.2, 0) is 17.8 Å². The highest BCUT2D eigenvalue weighted by Crippen LogP contribution is 2.15. The van der Waals surface area contributed by atoms with Gasteiger partial charge in [-0.25, -0.2) is 0 Å². The van der Waals surface area contributed by atoms with Gasteiger partial charge in [0.2, 0.25) is 0 Å². The molecule has 2 atom stereocenters. The summed E-state index contributed by atoms with van der Waals surface area (Å²) in [5.41, 5.74) is 2.65. The summed E-state index contributed by atoms with van der Waals surface area (Å²) >= 11 is 0. The highest BCUT2D eigenvalue weighted by atomic mass is 35.5. The van der Waals surface area contributed by atoms with E-state index in [2.05, 4.69) is 36.5 Å². The molecule has 1 fully saturated rings. The first-order valence-electron chi connectivity index (χ1n) is 9.37. The minimum atomic E-state index is 0. The highest BCUT2D eigenvalue weighted by Gasteiger charge is 2.26. The molecule has 0 aliphatic carbocycles. The summed E-state index contributed by atoms with van der Waals surface area (Å²) in [6.45, 7) is 3.99. The molecule has 0 spiro atoms. The lowest BCUT2D eigenvalue weighted by Crippen LogP contribution is -2.35. The maximum Gasteiger partial charge on any atom is 0.0767 e. The Kier molecular flexibility index (Phi) is 11.4. The lowest BCUT2D eigenvalue weighted by molar-refractivity contribution is 0.0198. The summed E-state index contributed by atoms with van der Waals surface area (Å²) in [5.74, 6) is 0. The second kappa shape index (κ2) is 12.7. The van der Waals surface area contributed by atoms with Gasteiger partial charge in [0.1, 0.15) is 0 Å². The number of unbranched alkanes of at least 4 members (excludes halogenated alkanes) is 5. The number of benzene rings is 1. The topological polar surface area (TPSA) is 41.5 Å². The van der Waals surface area contributed by atoms with E-state index in [9.17, 15) is 5.11 Å². The molecule has 0 bridgehead atoms. The minimum Gasteiger partial charge on any atom is -0.395 e. The number of halogens is 1. The molecule has 3 nitrogen and oxygen atoms in total. The second-order valence-electron chi connectivity index (χ2n) is 6.72. The van der Waals surface area contributed by atoms with Gasteiger partial charge in [-0.15, -0.1) is 12.4 Å². The molecular formula is C20H34ClNO2. The molecule has 138 valence electrons. The van der Waals surface area contributed by atoms with Crippen LogP contribution in [0.2, 0.25) is 0 Å². The van der Waals surface area contributed by atoms with Crippen molar-refractivity contribution in [3.8, 4) is 0 Å². The van der Waals surface area contributed by atoms with E-state index < -0.39 is 0 Å². The van der Waals surface area contributed by atoms with Crippen molar-refractivity contribution in [2.24, 2.45) is 0 Å². The van der Waals surface area contributed by atoms with Gasteiger partial charge < -0.3 is 15.2 Å². The van der Waals surface area contributed by atoms with Crippen LogP contribution in [-0.4, -0.2) is 30.4 Å². The molecule has 0 amide bonds. The first-order valence-corrected chi connectivity index (χ1v) is 9.37. The summed E-state index contributed by atoms with van der Waals surface area (Å²) in [5, 5.41) is 12.5. The second-order valence-corrected chi connectivity index (χ2v) is 6.72. The lowest BCUT2D eigenvalue weighted by atomic mass is 10.0. The van der Waals surface area contributed by atoms with Gasteiger partial charge in [0.15, 0.2) is 0 Å². The van der Waals surface area contributed by atoms with Crippen molar-refractivity contribution in [2.75, 3.05) is 13.2 Å². The molecule has 1 aliphatic heterocycles. The molecule has 0 saturated carbocycles. The standard InChI is InChI=1S/C20H33NO2.ClH/c1-2-3-4-5-6-7-8-17-9-11-18(12-10-17)16-23-20-13-14-21-19(20)15-22;/h9-12,19-22H,2-8,13-16H2,1H3;1H/t19-,20-;/m1./s1. The van der Waals surface area contributed by atoms with Crippen molar-refractivity contribution in [1.82, 2.24) is 5.32 Å². The fourth-order valence-electron chi connectivity index (χ4n) is 3.24. The van der Waals surface area contributed by atoms with Crippen LogP contribution < -0.4 is 5.32 Å². The van der Waals surface area contributed by atoms with Crippen LogP contribution in [0.3, 0.4) is 0 Å². The summed E-state index contributed by atoms with van der Waals surface area (Å²) in [4.78, 5) is 0. The Bertz CT molecular complexity index is 424. The lowest BCUT2D eigenvalue weighted by Gasteiger charge is -2.18. The van der Waals surface area contributed by atoms with Crippen molar-refractivity contribution >= 4 is 12.4 Å². The average molecular weight is 356 g/mol. The molecule has 1 aromatic rings. The zero-order valence-electron chi connectivity index (χ0n) is 15.0. The zero-order chi connectivity index (χ0) is 16.3. The quantitative estimate of drug-likeness (QED) is 0.583. The van der Waals surface area contributed by atoms with E-state index in [1.165, 1.54) is 56.1 Å². The van der Waals surface area contributed by atoms with Crippen LogP contribution in [0.5, 0.6) is 0 Å². The summed E-state index contributed by atoms with van der Waals surface area (Å²) < 4.78 is 5.95. The third-order valence-electron chi connectivity index (χ3n) is 4.79. The molecule has 0 unspecified atom stereocenters. The van der Waals surface area contributed by atoms with E-state index in [4.69, 9.17) is 4.74 Å². The first kappa shape index (κ1) is 21.4. The van der Waals surface area contributed by atoms with E-state index in [1.54, 1.807) is 0 Å². The molecule has 1 heterocycles. The third kappa shape index (κ3) is 7.52. The number of nitrogens with one attached hydrogen (secondary N) is 1. The maximum absolute atomic E-state index is 9.28. The Balaban J connectivity index is 0.00000288. The van der Waals surface area contributed by atoms with Crippen molar-refractivity contribution in [1.29, 1.82) is 0 Å². The van der Waals surface area contributed by atoms with Crippen LogP contribution in [0.15, 0.2) is 24.3 Å². The van der Waals surface area contributed by atoms with Crippen molar-refractivity contribution in [3.05, 3.63) is 35.4 Å². The molecule has 0 aromatic heterocycles. The smallest absolute Gasteiger partial charge is 0.0767 e. The van der Waals surface area contributed by atoms with Crippen LogP contribution in [0.1, 0.15) is 63.0 Å². The number of aliphatic hydroxyl groups is 1. The van der Waals surface area contributed by atoms with Gasteiger partial charge in [-0.1, -0.05) is 63.3 Å². The monoisotopic (exact) mass is 355 g/mol. The largest absolute Gasteiger partial charge is 0.395 e. The molecule has 2 rings (SSSR count). The molecule has 24 heavy (non-hydrogen) atoms. The van der Waals surface area contributed by atoms with Gasteiger partial charge in [-0.2, -0.15) is 0 Å². The molecule has 4 heteroatoms. The number of rotatable bonds is 11. The number of aliphatic hydroxyl groups excluding tert-OH is 1. The molecule has 1 saturated heterocycles. The fraction of sp³-hybridized carbons (Fsp3) is 0.700. The number of hydrogen-bond acceptors (Lipinski definition) is 3. The van der Waals surface area contributed by atoms with Gasteiger partial charge in [-0.3, -0.25) is 0 Å². The average Bonchev–Trinajstić information content (AvgIpc) is 3.05. The van der Waals surface area contributed by atoms with E-state index >= 15 is 0 Å². The van der Waals surface area contributed by atoms with E-state index in [1.807, 2.05) is 0 Å². The summed E-state index contributed by atoms with van der Waals surface area (Å²) in [6, 6.07) is 8.94. The minimum absolute atomic E-state index is 0. The molecule has 0 radical (unpaired) electrons. The van der Waals surface area contributed by atoms with Crippen molar-refractivity contribution < 1.29 is 9.84 Å². The van der Waals surface area contributed by atoms with Gasteiger partial charge in [0.25, 0.3) is 0 Å². The summed E-state index contributed by atoms with van der Waals surface area (Å²) in [6.07, 6.45) is 10.4. The Morgan fingerprint density at radius 1 is 1.04 bits per heavy atom. The van der Waals surface area contributed by atoms with Crippen molar-refractivity contribution in [2.45, 2.75) is 77.0 Å². The maximum atomic E-state index is 9.28. The molecular weight excluding hydrogens is 322 g/mol. The molecule has 1 aliphatic rings. The van der Waals surface area contributed by atoms with Gasteiger partial charge in [-0.05, 0) is 36.9 Å². The predicted molar refractivity (Wildman–Crippen MR) is 103 cm³/mol. The highest BCUT2D eigenvalue weighted by molar-refractivity contribution is 5.85. The van der Waals surface area contributed by atoms with Crippen molar-refractivity contribution in [3.63, 3.8) is 0 Å².